The van der Waals surface area contributed by atoms with Crippen LogP contribution in [0.15, 0.2) is 85.2 Å². The molecule has 0 spiro atoms. The summed E-state index contributed by atoms with van der Waals surface area (Å²) in [7, 11) is 1.59. The number of nitrogens with zero attached hydrogens (tertiary/aromatic N) is 6. The van der Waals surface area contributed by atoms with Crippen molar-refractivity contribution in [3.05, 3.63) is 123 Å². The average Bonchev–Trinajstić information content (AvgIpc) is 3.08. The summed E-state index contributed by atoms with van der Waals surface area (Å²) in [4.78, 5) is 35.8. The SMILES string of the molecule is CC(=O)N(c1ccccc1C)c1ncc(Cl)c(C#N)c1Cl.COc1ccc(-c2cnc(N(C(C)=O)c3ccccc3C)c(Cl)c2C#N)cc1. The number of anilines is 4. The van der Waals surface area contributed by atoms with Crippen LogP contribution in [0.3, 0.4) is 0 Å². The zero-order valence-electron chi connectivity index (χ0n) is 27.1. The topological polar surface area (TPSA) is 123 Å². The number of amides is 2. The number of aryl methyl sites for hydroxylation is 2. The molecule has 0 atom stereocenters. The van der Waals surface area contributed by atoms with Crippen LogP contribution < -0.4 is 14.5 Å². The van der Waals surface area contributed by atoms with E-state index in [1.165, 1.54) is 29.8 Å². The summed E-state index contributed by atoms with van der Waals surface area (Å²) < 4.78 is 5.17. The first-order chi connectivity index (χ1) is 23.4. The number of rotatable bonds is 6. The summed E-state index contributed by atoms with van der Waals surface area (Å²) in [5.74, 6) is 0.631. The van der Waals surface area contributed by atoms with Crippen molar-refractivity contribution in [2.75, 3.05) is 16.9 Å². The maximum Gasteiger partial charge on any atom is 0.229 e. The van der Waals surface area contributed by atoms with Gasteiger partial charge in [0.2, 0.25) is 11.8 Å². The highest BCUT2D eigenvalue weighted by atomic mass is 35.5. The van der Waals surface area contributed by atoms with Gasteiger partial charge in [0.05, 0.1) is 34.6 Å². The highest BCUT2D eigenvalue weighted by molar-refractivity contribution is 6.38. The quantitative estimate of drug-likeness (QED) is 0.172. The van der Waals surface area contributed by atoms with Crippen LogP contribution in [0, 0.1) is 36.5 Å². The van der Waals surface area contributed by atoms with Crippen LogP contribution in [0.5, 0.6) is 5.75 Å². The summed E-state index contributed by atoms with van der Waals surface area (Å²) in [6.45, 7) is 6.62. The number of hydrogen-bond donors (Lipinski definition) is 0. The van der Waals surface area contributed by atoms with Crippen molar-refractivity contribution in [1.82, 2.24) is 9.97 Å². The van der Waals surface area contributed by atoms with Crippen molar-refractivity contribution in [3.63, 3.8) is 0 Å². The van der Waals surface area contributed by atoms with Crippen LogP contribution in [0.2, 0.25) is 15.1 Å². The Labute approximate surface area is 299 Å². The number of halogens is 3. The van der Waals surface area contributed by atoms with Crippen LogP contribution in [0.4, 0.5) is 23.0 Å². The number of nitriles is 2. The largest absolute Gasteiger partial charge is 0.497 e. The Morgan fingerprint density at radius 1 is 0.694 bits per heavy atom. The summed E-state index contributed by atoms with van der Waals surface area (Å²) in [5, 5.41) is 19.2. The summed E-state index contributed by atoms with van der Waals surface area (Å²) in [6, 6.07) is 26.1. The molecular formula is C37H29Cl3N6O3. The second-order valence-corrected chi connectivity index (χ2v) is 11.7. The molecule has 246 valence electrons. The monoisotopic (exact) mass is 710 g/mol. The molecule has 0 fully saturated rings. The first-order valence-electron chi connectivity index (χ1n) is 14.6. The van der Waals surface area contributed by atoms with Gasteiger partial charge >= 0.3 is 0 Å². The van der Waals surface area contributed by atoms with Crippen LogP contribution in [0.25, 0.3) is 11.1 Å². The van der Waals surface area contributed by atoms with Crippen molar-refractivity contribution < 1.29 is 14.3 Å². The van der Waals surface area contributed by atoms with Gasteiger partial charge in [-0.15, -0.1) is 0 Å². The molecular weight excluding hydrogens is 683 g/mol. The number of carbonyl (C=O) groups is 2. The third-order valence-corrected chi connectivity index (χ3v) is 8.35. The van der Waals surface area contributed by atoms with E-state index in [2.05, 4.69) is 16.0 Å². The molecule has 2 amide bonds. The number of ether oxygens (including phenoxy) is 1. The highest BCUT2D eigenvalue weighted by Crippen LogP contribution is 2.39. The van der Waals surface area contributed by atoms with Gasteiger partial charge in [-0.3, -0.25) is 19.4 Å². The molecule has 3 aromatic carbocycles. The molecule has 12 heteroatoms. The minimum Gasteiger partial charge on any atom is -0.497 e. The third kappa shape index (κ3) is 7.83. The number of methoxy groups -OCH3 is 1. The zero-order valence-corrected chi connectivity index (χ0v) is 29.4. The lowest BCUT2D eigenvalue weighted by Gasteiger charge is -2.24. The van der Waals surface area contributed by atoms with Gasteiger partial charge in [-0.25, -0.2) is 9.97 Å². The zero-order chi connectivity index (χ0) is 35.8. The number of aromatic nitrogens is 2. The molecule has 0 radical (unpaired) electrons. The van der Waals surface area contributed by atoms with Crippen LogP contribution in [-0.2, 0) is 9.59 Å². The smallest absolute Gasteiger partial charge is 0.229 e. The number of benzene rings is 3. The van der Waals surface area contributed by atoms with Gasteiger partial charge in [-0.05, 0) is 54.8 Å². The van der Waals surface area contributed by atoms with Crippen molar-refractivity contribution in [2.45, 2.75) is 27.7 Å². The fraction of sp³-hybridized carbons (Fsp3) is 0.135. The molecule has 0 bridgehead atoms. The van der Waals surface area contributed by atoms with E-state index in [1.54, 1.807) is 31.5 Å². The Hall–Kier alpha value is -5.45. The van der Waals surface area contributed by atoms with Crippen LogP contribution in [-0.4, -0.2) is 28.9 Å². The molecule has 0 unspecified atom stereocenters. The number of hydrogen-bond acceptors (Lipinski definition) is 7. The van der Waals surface area contributed by atoms with E-state index in [9.17, 15) is 14.9 Å². The lowest BCUT2D eigenvalue weighted by atomic mass is 10.0. The Balaban J connectivity index is 0.000000230. The summed E-state index contributed by atoms with van der Waals surface area (Å²) in [5.41, 5.74) is 4.85. The summed E-state index contributed by atoms with van der Waals surface area (Å²) in [6.07, 6.45) is 2.88. The molecule has 5 aromatic rings. The maximum atomic E-state index is 12.4. The van der Waals surface area contributed by atoms with Crippen molar-refractivity contribution in [3.8, 4) is 29.0 Å². The normalized spacial score (nSPS) is 10.2. The fourth-order valence-electron chi connectivity index (χ4n) is 4.94. The Morgan fingerprint density at radius 3 is 1.57 bits per heavy atom. The van der Waals surface area contributed by atoms with Crippen molar-refractivity contribution in [1.29, 1.82) is 10.5 Å². The van der Waals surface area contributed by atoms with Gasteiger partial charge in [0.15, 0.2) is 11.6 Å². The molecule has 0 saturated heterocycles. The second-order valence-electron chi connectivity index (χ2n) is 10.5. The van der Waals surface area contributed by atoms with E-state index in [1.807, 2.05) is 74.5 Å². The predicted molar refractivity (Wildman–Crippen MR) is 193 cm³/mol. The van der Waals surface area contributed by atoms with Gasteiger partial charge in [0.1, 0.15) is 27.9 Å². The van der Waals surface area contributed by atoms with Gasteiger partial charge in [0.25, 0.3) is 0 Å². The molecule has 0 aliphatic carbocycles. The Kier molecular flexibility index (Phi) is 12.0. The number of pyridine rings is 2. The molecule has 9 nitrogen and oxygen atoms in total. The first kappa shape index (κ1) is 36.4. The number of carbonyl (C=O) groups excluding carboxylic acids is 2. The van der Waals surface area contributed by atoms with Gasteiger partial charge in [0, 0.05) is 31.8 Å². The fourth-order valence-corrected chi connectivity index (χ4v) is 5.73. The standard InChI is InChI=1S/C22H18ClN3O2.C15H11Cl2N3O/c1-14-6-4-5-7-20(14)26(15(2)27)22-21(23)18(12-24)19(13-25-22)16-8-10-17(28-3)11-9-16;1-9-5-3-4-6-13(9)20(10(2)21)15-14(17)11(7-18)12(16)8-19-15/h4-11,13H,1-3H3;3-6,8H,1-2H3. The molecule has 0 saturated carbocycles. The molecule has 0 aliphatic heterocycles. The molecule has 0 N–H and O–H groups in total. The van der Waals surface area contributed by atoms with Crippen molar-refractivity contribution >= 4 is 69.6 Å². The Bertz CT molecular complexity index is 2120. The lowest BCUT2D eigenvalue weighted by Crippen LogP contribution is -2.25. The lowest BCUT2D eigenvalue weighted by molar-refractivity contribution is -0.116. The van der Waals surface area contributed by atoms with E-state index in [4.69, 9.17) is 44.8 Å². The molecule has 0 aliphatic rings. The van der Waals surface area contributed by atoms with Crippen LogP contribution >= 0.6 is 34.8 Å². The first-order valence-corrected chi connectivity index (χ1v) is 15.8. The van der Waals surface area contributed by atoms with Gasteiger partial charge in [-0.2, -0.15) is 10.5 Å². The third-order valence-electron chi connectivity index (χ3n) is 7.35. The van der Waals surface area contributed by atoms with Crippen LogP contribution in [0.1, 0.15) is 36.1 Å². The minimum absolute atomic E-state index is 0.0588. The van der Waals surface area contributed by atoms with Crippen molar-refractivity contribution in [2.24, 2.45) is 0 Å². The minimum atomic E-state index is -0.259. The Morgan fingerprint density at radius 2 is 1.14 bits per heavy atom. The molecule has 5 rings (SSSR count). The molecule has 49 heavy (non-hydrogen) atoms. The number of para-hydroxylation sites is 2. The van der Waals surface area contributed by atoms with E-state index >= 15 is 0 Å². The van der Waals surface area contributed by atoms with Gasteiger partial charge in [-0.1, -0.05) is 83.3 Å². The maximum absolute atomic E-state index is 12.4. The summed E-state index contributed by atoms with van der Waals surface area (Å²) >= 11 is 18.6. The van der Waals surface area contributed by atoms with E-state index in [0.717, 1.165) is 16.7 Å². The predicted octanol–water partition coefficient (Wildman–Crippen LogP) is 9.53. The second kappa shape index (κ2) is 16.1. The average molecular weight is 712 g/mol. The van der Waals surface area contributed by atoms with Gasteiger partial charge < -0.3 is 4.74 Å². The van der Waals surface area contributed by atoms with E-state index < -0.39 is 0 Å². The van der Waals surface area contributed by atoms with E-state index in [0.29, 0.717) is 22.7 Å². The molecule has 2 aromatic heterocycles. The highest BCUT2D eigenvalue weighted by Gasteiger charge is 2.25. The van der Waals surface area contributed by atoms with E-state index in [-0.39, 0.29) is 49.6 Å². The molecule has 2 heterocycles.